The molecule has 0 spiro atoms. The van der Waals surface area contributed by atoms with Crippen molar-refractivity contribution in [3.8, 4) is 5.75 Å². The predicted octanol–water partition coefficient (Wildman–Crippen LogP) is 3.81. The topological polar surface area (TPSA) is 75.7 Å². The number of carbonyl (C=O) groups excluding carboxylic acids is 1. The standard InChI is InChI=1S/C21H18F2N2O4S/c1-25(30(27,28)18-5-3-2-4-6-18)16-8-10-17(11-9-16)29-14-21(26)24-20-12-7-15(22)13-19(20)23/h2-13H,14H2,1H3,(H,24,26). The monoisotopic (exact) mass is 432 g/mol. The van der Waals surface area contributed by atoms with Gasteiger partial charge in [0.15, 0.2) is 6.61 Å². The van der Waals surface area contributed by atoms with Gasteiger partial charge >= 0.3 is 0 Å². The first-order valence-corrected chi connectivity index (χ1v) is 10.2. The van der Waals surface area contributed by atoms with E-state index in [4.69, 9.17) is 4.74 Å². The van der Waals surface area contributed by atoms with Crippen molar-refractivity contribution >= 4 is 27.3 Å². The molecule has 0 aliphatic carbocycles. The molecule has 0 heterocycles. The minimum Gasteiger partial charge on any atom is -0.484 e. The van der Waals surface area contributed by atoms with Crippen LogP contribution in [0.25, 0.3) is 0 Å². The van der Waals surface area contributed by atoms with Crippen molar-refractivity contribution in [2.24, 2.45) is 0 Å². The molecule has 0 saturated heterocycles. The van der Waals surface area contributed by atoms with E-state index in [0.29, 0.717) is 17.5 Å². The molecule has 0 atom stereocenters. The van der Waals surface area contributed by atoms with E-state index in [1.807, 2.05) is 0 Å². The van der Waals surface area contributed by atoms with Crippen molar-refractivity contribution in [2.75, 3.05) is 23.3 Å². The summed E-state index contributed by atoms with van der Waals surface area (Å²) in [5.41, 5.74) is 0.247. The van der Waals surface area contributed by atoms with Crippen molar-refractivity contribution < 1.29 is 26.7 Å². The summed E-state index contributed by atoms with van der Waals surface area (Å²) in [6.45, 7) is -0.408. The fourth-order valence-corrected chi connectivity index (χ4v) is 3.78. The number of hydrogen-bond donors (Lipinski definition) is 1. The van der Waals surface area contributed by atoms with Gasteiger partial charge in [0, 0.05) is 13.1 Å². The molecule has 6 nitrogen and oxygen atoms in total. The summed E-state index contributed by atoms with van der Waals surface area (Å²) < 4.78 is 58.2. The third-order valence-corrected chi connectivity index (χ3v) is 5.98. The van der Waals surface area contributed by atoms with Gasteiger partial charge in [-0.15, -0.1) is 0 Å². The highest BCUT2D eigenvalue weighted by molar-refractivity contribution is 7.92. The molecule has 1 N–H and O–H groups in total. The van der Waals surface area contributed by atoms with Gasteiger partial charge in [0.05, 0.1) is 16.3 Å². The Bertz CT molecular complexity index is 1140. The molecule has 156 valence electrons. The van der Waals surface area contributed by atoms with Crippen molar-refractivity contribution in [2.45, 2.75) is 4.90 Å². The quantitative estimate of drug-likeness (QED) is 0.616. The predicted molar refractivity (Wildman–Crippen MR) is 109 cm³/mol. The van der Waals surface area contributed by atoms with Gasteiger partial charge in [0.2, 0.25) is 0 Å². The molecule has 0 saturated carbocycles. The average molecular weight is 432 g/mol. The minimum atomic E-state index is -3.71. The Morgan fingerprint density at radius 2 is 1.67 bits per heavy atom. The molecular weight excluding hydrogens is 414 g/mol. The Labute approximate surface area is 172 Å². The molecular formula is C21H18F2N2O4S. The van der Waals surface area contributed by atoms with E-state index in [2.05, 4.69) is 5.32 Å². The Kier molecular flexibility index (Phi) is 6.31. The van der Waals surface area contributed by atoms with Crippen LogP contribution < -0.4 is 14.4 Å². The number of carbonyl (C=O) groups is 1. The Hall–Kier alpha value is -3.46. The first-order valence-electron chi connectivity index (χ1n) is 8.79. The molecule has 0 radical (unpaired) electrons. The Morgan fingerprint density at radius 3 is 2.30 bits per heavy atom. The zero-order valence-electron chi connectivity index (χ0n) is 15.9. The number of sulfonamides is 1. The van der Waals surface area contributed by atoms with E-state index in [-0.39, 0.29) is 10.6 Å². The maximum atomic E-state index is 13.6. The molecule has 0 fully saturated rings. The molecule has 9 heteroatoms. The SMILES string of the molecule is CN(c1ccc(OCC(=O)Nc2ccc(F)cc2F)cc1)S(=O)(=O)c1ccccc1. The minimum absolute atomic E-state index is 0.159. The summed E-state index contributed by atoms with van der Waals surface area (Å²) in [7, 11) is -2.27. The molecule has 3 aromatic carbocycles. The van der Waals surface area contributed by atoms with Gasteiger partial charge < -0.3 is 10.1 Å². The number of ether oxygens (including phenoxy) is 1. The lowest BCUT2D eigenvalue weighted by Crippen LogP contribution is -2.26. The summed E-state index contributed by atoms with van der Waals surface area (Å²) in [6, 6.07) is 16.9. The number of hydrogen-bond acceptors (Lipinski definition) is 4. The van der Waals surface area contributed by atoms with Crippen LogP contribution in [0.5, 0.6) is 5.75 Å². The van der Waals surface area contributed by atoms with Crippen LogP contribution in [0.3, 0.4) is 0 Å². The maximum Gasteiger partial charge on any atom is 0.264 e. The first-order chi connectivity index (χ1) is 14.3. The van der Waals surface area contributed by atoms with E-state index < -0.39 is 34.2 Å². The van der Waals surface area contributed by atoms with E-state index in [1.165, 1.54) is 43.4 Å². The third kappa shape index (κ3) is 4.93. The zero-order valence-corrected chi connectivity index (χ0v) is 16.7. The molecule has 30 heavy (non-hydrogen) atoms. The molecule has 3 rings (SSSR count). The lowest BCUT2D eigenvalue weighted by Gasteiger charge is -2.19. The first kappa shape index (κ1) is 21.3. The van der Waals surface area contributed by atoms with Crippen molar-refractivity contribution in [1.82, 2.24) is 0 Å². The van der Waals surface area contributed by atoms with Crippen LogP contribution in [0, 0.1) is 11.6 Å². The number of anilines is 2. The third-order valence-electron chi connectivity index (χ3n) is 4.18. The van der Waals surface area contributed by atoms with Crippen LogP contribution in [-0.4, -0.2) is 28.0 Å². The number of nitrogens with one attached hydrogen (secondary N) is 1. The smallest absolute Gasteiger partial charge is 0.264 e. The van der Waals surface area contributed by atoms with Gasteiger partial charge in [-0.3, -0.25) is 9.10 Å². The van der Waals surface area contributed by atoms with Gasteiger partial charge in [-0.2, -0.15) is 0 Å². The zero-order chi connectivity index (χ0) is 21.7. The number of amides is 1. The molecule has 3 aromatic rings. The van der Waals surface area contributed by atoms with E-state index in [0.717, 1.165) is 16.4 Å². The van der Waals surface area contributed by atoms with E-state index in [1.54, 1.807) is 18.2 Å². The summed E-state index contributed by atoms with van der Waals surface area (Å²) in [4.78, 5) is 12.1. The fraction of sp³-hybridized carbons (Fsp3) is 0.0952. The molecule has 0 aromatic heterocycles. The van der Waals surface area contributed by atoms with E-state index in [9.17, 15) is 22.0 Å². The van der Waals surface area contributed by atoms with E-state index >= 15 is 0 Å². The largest absolute Gasteiger partial charge is 0.484 e. The van der Waals surface area contributed by atoms with Crippen molar-refractivity contribution in [3.63, 3.8) is 0 Å². The highest BCUT2D eigenvalue weighted by Crippen LogP contribution is 2.24. The molecule has 0 bridgehead atoms. The second-order valence-electron chi connectivity index (χ2n) is 6.24. The average Bonchev–Trinajstić information content (AvgIpc) is 2.75. The van der Waals surface area contributed by atoms with Gasteiger partial charge in [0.1, 0.15) is 17.4 Å². The fourth-order valence-electron chi connectivity index (χ4n) is 2.57. The Morgan fingerprint density at radius 1 is 1.00 bits per heavy atom. The highest BCUT2D eigenvalue weighted by atomic mass is 32.2. The molecule has 0 aliphatic heterocycles. The van der Waals surface area contributed by atoms with Crippen LogP contribution in [0.4, 0.5) is 20.2 Å². The Balaban J connectivity index is 1.61. The lowest BCUT2D eigenvalue weighted by molar-refractivity contribution is -0.118. The van der Waals surface area contributed by atoms with Crippen molar-refractivity contribution in [3.05, 3.63) is 84.4 Å². The molecule has 0 unspecified atom stereocenters. The van der Waals surface area contributed by atoms with Gasteiger partial charge in [0.25, 0.3) is 15.9 Å². The summed E-state index contributed by atoms with van der Waals surface area (Å²) in [6.07, 6.45) is 0. The van der Waals surface area contributed by atoms with Crippen LogP contribution in [0.15, 0.2) is 77.7 Å². The maximum absolute atomic E-state index is 13.6. The van der Waals surface area contributed by atoms with Crippen LogP contribution in [0.1, 0.15) is 0 Å². The number of rotatable bonds is 7. The number of benzene rings is 3. The number of nitrogens with zero attached hydrogens (tertiary/aromatic N) is 1. The van der Waals surface area contributed by atoms with Gasteiger partial charge in [-0.25, -0.2) is 17.2 Å². The van der Waals surface area contributed by atoms with Gasteiger partial charge in [-0.05, 0) is 48.5 Å². The highest BCUT2D eigenvalue weighted by Gasteiger charge is 2.20. The summed E-state index contributed by atoms with van der Waals surface area (Å²) in [5, 5.41) is 2.28. The second-order valence-corrected chi connectivity index (χ2v) is 8.21. The summed E-state index contributed by atoms with van der Waals surface area (Å²) >= 11 is 0. The van der Waals surface area contributed by atoms with Crippen LogP contribution in [-0.2, 0) is 14.8 Å². The second kappa shape index (κ2) is 8.91. The normalized spacial score (nSPS) is 11.0. The van der Waals surface area contributed by atoms with Gasteiger partial charge in [-0.1, -0.05) is 18.2 Å². The molecule has 0 aliphatic rings. The lowest BCUT2D eigenvalue weighted by atomic mass is 10.3. The molecule has 1 amide bonds. The van der Waals surface area contributed by atoms with Crippen LogP contribution in [0.2, 0.25) is 0 Å². The van der Waals surface area contributed by atoms with Crippen molar-refractivity contribution in [1.29, 1.82) is 0 Å². The number of halogens is 2. The summed E-state index contributed by atoms with van der Waals surface area (Å²) in [5.74, 6) is -1.95. The van der Waals surface area contributed by atoms with Crippen LogP contribution >= 0.6 is 0 Å².